The molecule has 0 fully saturated rings. The van der Waals surface area contributed by atoms with Gasteiger partial charge in [0, 0.05) is 60.9 Å². The lowest BCUT2D eigenvalue weighted by molar-refractivity contribution is 1.18. The van der Waals surface area contributed by atoms with Crippen LogP contribution in [0.3, 0.4) is 0 Å². The van der Waals surface area contributed by atoms with Gasteiger partial charge in [-0.3, -0.25) is 0 Å². The van der Waals surface area contributed by atoms with Gasteiger partial charge in [-0.05, 0) is 82.6 Å². The van der Waals surface area contributed by atoms with Gasteiger partial charge in [0.2, 0.25) is 0 Å². The lowest BCUT2D eigenvalue weighted by Gasteiger charge is -2.14. The van der Waals surface area contributed by atoms with E-state index in [1.54, 1.807) is 0 Å². The van der Waals surface area contributed by atoms with Crippen LogP contribution in [0.15, 0.2) is 188 Å². The molecule has 4 aromatic heterocycles. The lowest BCUT2D eigenvalue weighted by Crippen LogP contribution is -1.93. The molecule has 0 unspecified atom stereocenters. The average Bonchev–Trinajstić information content (AvgIpc) is 3.88. The second-order valence-electron chi connectivity index (χ2n) is 16.2. The third-order valence-electron chi connectivity index (χ3n) is 13.0. The molecule has 0 aliphatic rings. The van der Waals surface area contributed by atoms with Gasteiger partial charge in [0.25, 0.3) is 0 Å². The Bertz CT molecular complexity index is 3620. The zero-order valence-corrected chi connectivity index (χ0v) is 34.0. The van der Waals surface area contributed by atoms with Crippen molar-refractivity contribution in [1.29, 1.82) is 0 Å². The molecule has 0 atom stereocenters. The van der Waals surface area contributed by atoms with E-state index in [9.17, 15) is 0 Å². The summed E-state index contributed by atoms with van der Waals surface area (Å²) in [6.45, 7) is 4.44. The molecule has 0 bridgehead atoms. The quantitative estimate of drug-likeness (QED) is 0.165. The van der Waals surface area contributed by atoms with Gasteiger partial charge in [-0.25, -0.2) is 7.58 Å². The Balaban J connectivity index is 1.26. The zero-order chi connectivity index (χ0) is 39.6. The third-order valence-corrected chi connectivity index (χ3v) is 14.0. The fourth-order valence-corrected chi connectivity index (χ4v) is 11.6. The molecular formula is C56H37N3S. The van der Waals surface area contributed by atoms with Crippen LogP contribution in [-0.2, 0) is 0 Å². The van der Waals surface area contributed by atoms with Gasteiger partial charge < -0.3 is 4.57 Å². The molecule has 3 nitrogen and oxygen atoms in total. The van der Waals surface area contributed by atoms with Crippen LogP contribution >= 0.6 is 11.7 Å². The average molecular weight is 784 g/mol. The number of fused-ring (bicyclic) bond motifs is 6. The molecular weight excluding hydrogens is 747 g/mol. The number of rotatable bonds is 5. The first-order chi connectivity index (χ1) is 29.7. The molecule has 13 rings (SSSR count). The fourth-order valence-electron chi connectivity index (χ4n) is 10.4. The highest BCUT2D eigenvalue weighted by atomic mass is 32.1. The van der Waals surface area contributed by atoms with Crippen LogP contribution in [0.2, 0.25) is 0 Å². The molecule has 0 spiro atoms. The van der Waals surface area contributed by atoms with Crippen LogP contribution in [0.5, 0.6) is 0 Å². The van der Waals surface area contributed by atoms with E-state index in [0.717, 1.165) is 5.69 Å². The molecule has 0 saturated heterocycles. The zero-order valence-electron chi connectivity index (χ0n) is 33.1. The van der Waals surface area contributed by atoms with Crippen LogP contribution in [0.4, 0.5) is 0 Å². The smallest absolute Gasteiger partial charge is 0.0760 e. The van der Waals surface area contributed by atoms with E-state index in [1.807, 2.05) is 11.7 Å². The minimum absolute atomic E-state index is 1.16. The molecule has 4 heteroatoms. The van der Waals surface area contributed by atoms with E-state index in [-0.39, 0.29) is 0 Å². The number of para-hydroxylation sites is 3. The minimum Gasteiger partial charge on any atom is -0.309 e. The Morgan fingerprint density at radius 1 is 0.300 bits per heavy atom. The first kappa shape index (κ1) is 33.6. The summed E-state index contributed by atoms with van der Waals surface area (Å²) in [7, 11) is 0. The van der Waals surface area contributed by atoms with E-state index in [4.69, 9.17) is 0 Å². The molecule has 0 aliphatic heterocycles. The van der Waals surface area contributed by atoms with Gasteiger partial charge in [-0.2, -0.15) is 0 Å². The number of aromatic nitrogens is 3. The summed E-state index contributed by atoms with van der Waals surface area (Å²) < 4.78 is 7.63. The van der Waals surface area contributed by atoms with E-state index in [0.29, 0.717) is 0 Å². The number of nitrogens with zero attached hydrogens (tertiary/aromatic N) is 3. The molecule has 9 aromatic carbocycles. The van der Waals surface area contributed by atoms with Gasteiger partial charge >= 0.3 is 0 Å². The summed E-state index contributed by atoms with van der Waals surface area (Å²) in [6.07, 6.45) is 0. The molecule has 0 radical (unpaired) electrons. The first-order valence-electron chi connectivity index (χ1n) is 20.7. The van der Waals surface area contributed by atoms with Crippen molar-refractivity contribution in [2.45, 2.75) is 13.8 Å². The second-order valence-corrected chi connectivity index (χ2v) is 17.1. The predicted molar refractivity (Wildman–Crippen MR) is 255 cm³/mol. The molecule has 0 aliphatic carbocycles. The van der Waals surface area contributed by atoms with Crippen LogP contribution in [-0.4, -0.2) is 12.1 Å². The van der Waals surface area contributed by atoms with E-state index in [2.05, 4.69) is 214 Å². The maximum Gasteiger partial charge on any atom is 0.0760 e. The Morgan fingerprint density at radius 2 is 0.667 bits per heavy atom. The lowest BCUT2D eigenvalue weighted by atomic mass is 9.91. The van der Waals surface area contributed by atoms with Crippen LogP contribution in [0.1, 0.15) is 11.1 Å². The van der Waals surface area contributed by atoms with Crippen molar-refractivity contribution in [3.05, 3.63) is 199 Å². The van der Waals surface area contributed by atoms with Crippen LogP contribution in [0, 0.1) is 13.8 Å². The fraction of sp³-hybridized carbons (Fsp3) is 0.0357. The van der Waals surface area contributed by atoms with Gasteiger partial charge in [0.15, 0.2) is 0 Å². The van der Waals surface area contributed by atoms with Crippen molar-refractivity contribution in [3.8, 4) is 50.2 Å². The third kappa shape index (κ3) is 4.49. The summed E-state index contributed by atoms with van der Waals surface area (Å²) in [5.41, 5.74) is 21.0. The van der Waals surface area contributed by atoms with Crippen molar-refractivity contribution >= 4 is 77.1 Å². The van der Waals surface area contributed by atoms with Crippen molar-refractivity contribution in [2.24, 2.45) is 0 Å². The molecule has 0 amide bonds. The predicted octanol–water partition coefficient (Wildman–Crippen LogP) is 15.5. The topological polar surface area (TPSA) is 13.8 Å². The Labute approximate surface area is 350 Å². The monoisotopic (exact) mass is 783 g/mol. The summed E-state index contributed by atoms with van der Waals surface area (Å²) >= 11 is 1.84. The highest BCUT2D eigenvalue weighted by molar-refractivity contribution is 7.02. The summed E-state index contributed by atoms with van der Waals surface area (Å²) in [4.78, 5) is 0. The molecule has 4 heterocycles. The normalized spacial score (nSPS) is 12.2. The standard InChI is InChI=1S/C56H37N3S/c1-34-16-6-8-20-37(34)39-22-10-12-24-41(39)43-26-14-28-45-47-30-32-49-51-52-50(57(49)36-18-4-3-5-19-36)33-31-48-46-29-15-27-44(54(46)59(56(48)52)60-58(53(43)45)55(47)51)42-25-13-11-23-40(42)38-21-9-7-17-35(38)2/h3-33H,1-2H3. The Morgan fingerprint density at radius 3 is 1.12 bits per heavy atom. The SMILES string of the molecule is Cc1ccccc1-c1ccccc1-c1cccc2c3ccc4c5c6c(ccc7c8cccc(-c9ccccc9-c9ccccc9C)c8n(sn(c12)c35)c76)n4-c1ccccc1. The van der Waals surface area contributed by atoms with Gasteiger partial charge in [0.05, 0.1) is 33.1 Å². The first-order valence-corrected chi connectivity index (χ1v) is 21.4. The van der Waals surface area contributed by atoms with Crippen LogP contribution < -0.4 is 0 Å². The number of hydrogen-bond acceptors (Lipinski definition) is 1. The highest BCUT2D eigenvalue weighted by Gasteiger charge is 2.27. The van der Waals surface area contributed by atoms with E-state index >= 15 is 0 Å². The summed E-state index contributed by atoms with van der Waals surface area (Å²) in [6, 6.07) is 69.6. The van der Waals surface area contributed by atoms with Crippen molar-refractivity contribution < 1.29 is 0 Å². The van der Waals surface area contributed by atoms with Crippen molar-refractivity contribution in [3.63, 3.8) is 0 Å². The molecule has 282 valence electrons. The summed E-state index contributed by atoms with van der Waals surface area (Å²) in [5.74, 6) is 0. The Kier molecular flexibility index (Phi) is 7.02. The number of benzene rings is 9. The largest absolute Gasteiger partial charge is 0.309 e. The maximum atomic E-state index is 2.58. The van der Waals surface area contributed by atoms with Gasteiger partial charge in [0.1, 0.15) is 0 Å². The molecule has 60 heavy (non-hydrogen) atoms. The van der Waals surface area contributed by atoms with Crippen molar-refractivity contribution in [2.75, 3.05) is 0 Å². The van der Waals surface area contributed by atoms with Crippen LogP contribution in [0.25, 0.3) is 116 Å². The summed E-state index contributed by atoms with van der Waals surface area (Å²) in [5, 5.41) is 7.64. The maximum absolute atomic E-state index is 2.58. The van der Waals surface area contributed by atoms with Gasteiger partial charge in [-0.15, -0.1) is 0 Å². The highest BCUT2D eigenvalue weighted by Crippen LogP contribution is 2.50. The van der Waals surface area contributed by atoms with Crippen molar-refractivity contribution in [1.82, 2.24) is 12.1 Å². The molecule has 0 saturated carbocycles. The molecule has 13 aromatic rings. The van der Waals surface area contributed by atoms with E-state index in [1.165, 1.54) is 121 Å². The second kappa shape index (κ2) is 12.6. The molecule has 0 N–H and O–H groups in total. The minimum atomic E-state index is 1.16. The number of aryl methyl sites for hydroxylation is 2. The number of hydrogen-bond donors (Lipinski definition) is 0. The van der Waals surface area contributed by atoms with E-state index < -0.39 is 0 Å². The Hall–Kier alpha value is -7.40. The van der Waals surface area contributed by atoms with Gasteiger partial charge in [-0.1, -0.05) is 164 Å².